The molecule has 0 aromatic heterocycles. The standard InChI is InChI=1S/2C11H13NO2.C2H6/c1-3-9-4-5-10(7-13)11(6-9)12-8(2)14;1-2-3-9-4-5-11(12-8-14)10(6-9)7-13;1-2/h4-7H,3H2,1-2H3,(H,12,14);4-8H,2-3H2,1H3,(H,12,14);1-2H3. The van der Waals surface area contributed by atoms with Gasteiger partial charge in [-0.3, -0.25) is 19.2 Å². The largest absolute Gasteiger partial charge is 0.328 e. The Morgan fingerprint density at radius 2 is 1.50 bits per heavy atom. The lowest BCUT2D eigenvalue weighted by Gasteiger charge is -2.06. The first-order valence-electron chi connectivity index (χ1n) is 10.1. The van der Waals surface area contributed by atoms with E-state index >= 15 is 0 Å². The Bertz CT molecular complexity index is 832. The number of carbonyl (C=O) groups is 4. The van der Waals surface area contributed by atoms with Crippen molar-refractivity contribution in [3.8, 4) is 0 Å². The van der Waals surface area contributed by atoms with Crippen molar-refractivity contribution in [2.24, 2.45) is 0 Å². The third kappa shape index (κ3) is 9.28. The number of rotatable bonds is 8. The van der Waals surface area contributed by atoms with Gasteiger partial charge in [0.25, 0.3) is 0 Å². The normalized spacial score (nSPS) is 9.10. The molecule has 0 saturated heterocycles. The predicted molar refractivity (Wildman–Crippen MR) is 122 cm³/mol. The molecule has 6 heteroatoms. The molecule has 30 heavy (non-hydrogen) atoms. The molecule has 0 spiro atoms. The van der Waals surface area contributed by atoms with E-state index in [1.807, 2.05) is 45.0 Å². The summed E-state index contributed by atoms with van der Waals surface area (Å²) in [6.07, 6.45) is 4.93. The maximum absolute atomic E-state index is 10.9. The van der Waals surface area contributed by atoms with Crippen LogP contribution in [0.3, 0.4) is 0 Å². The molecular formula is C24H32N2O4. The van der Waals surface area contributed by atoms with Crippen LogP contribution in [0.4, 0.5) is 11.4 Å². The number of nitrogens with one attached hydrogen (secondary N) is 2. The number of hydrogen-bond acceptors (Lipinski definition) is 4. The highest BCUT2D eigenvalue weighted by atomic mass is 16.1. The van der Waals surface area contributed by atoms with Crippen molar-refractivity contribution in [3.05, 3.63) is 58.7 Å². The van der Waals surface area contributed by atoms with Crippen LogP contribution >= 0.6 is 0 Å². The first-order valence-corrected chi connectivity index (χ1v) is 10.1. The minimum Gasteiger partial charge on any atom is -0.328 e. The summed E-state index contributed by atoms with van der Waals surface area (Å²) in [5.41, 5.74) is 4.41. The number of aryl methyl sites for hydroxylation is 2. The lowest BCUT2D eigenvalue weighted by atomic mass is 10.1. The second-order valence-electron chi connectivity index (χ2n) is 6.13. The maximum atomic E-state index is 10.9. The summed E-state index contributed by atoms with van der Waals surface area (Å²) in [4.78, 5) is 42.4. The smallest absolute Gasteiger partial charge is 0.221 e. The van der Waals surface area contributed by atoms with Crippen LogP contribution < -0.4 is 10.6 Å². The van der Waals surface area contributed by atoms with Crippen molar-refractivity contribution in [2.75, 3.05) is 10.6 Å². The van der Waals surface area contributed by atoms with Crippen molar-refractivity contribution in [1.82, 2.24) is 0 Å². The molecule has 0 aliphatic rings. The molecule has 2 N–H and O–H groups in total. The monoisotopic (exact) mass is 412 g/mol. The highest BCUT2D eigenvalue weighted by Gasteiger charge is 2.04. The van der Waals surface area contributed by atoms with Gasteiger partial charge in [-0.1, -0.05) is 46.2 Å². The summed E-state index contributed by atoms with van der Waals surface area (Å²) in [7, 11) is 0. The van der Waals surface area contributed by atoms with E-state index in [1.165, 1.54) is 6.92 Å². The highest BCUT2D eigenvalue weighted by Crippen LogP contribution is 2.17. The van der Waals surface area contributed by atoms with Gasteiger partial charge >= 0.3 is 0 Å². The minimum absolute atomic E-state index is 0.165. The fourth-order valence-corrected chi connectivity index (χ4v) is 2.57. The van der Waals surface area contributed by atoms with Crippen LogP contribution in [0.2, 0.25) is 0 Å². The van der Waals surface area contributed by atoms with E-state index in [1.54, 1.807) is 12.1 Å². The second-order valence-corrected chi connectivity index (χ2v) is 6.13. The number of carbonyl (C=O) groups excluding carboxylic acids is 4. The van der Waals surface area contributed by atoms with Gasteiger partial charge in [0.15, 0.2) is 12.6 Å². The maximum Gasteiger partial charge on any atom is 0.221 e. The molecule has 2 amide bonds. The lowest BCUT2D eigenvalue weighted by Crippen LogP contribution is -2.08. The average molecular weight is 413 g/mol. The lowest BCUT2D eigenvalue weighted by molar-refractivity contribution is -0.114. The van der Waals surface area contributed by atoms with Gasteiger partial charge in [0.2, 0.25) is 12.3 Å². The third-order valence-electron chi connectivity index (χ3n) is 3.96. The average Bonchev–Trinajstić information content (AvgIpc) is 2.76. The number of anilines is 2. The van der Waals surface area contributed by atoms with Crippen LogP contribution in [0.5, 0.6) is 0 Å². The Kier molecular flexibility index (Phi) is 13.9. The summed E-state index contributed by atoms with van der Waals surface area (Å²) in [5, 5.41) is 5.11. The summed E-state index contributed by atoms with van der Waals surface area (Å²) >= 11 is 0. The van der Waals surface area contributed by atoms with Gasteiger partial charge in [-0.05, 0) is 48.2 Å². The zero-order valence-electron chi connectivity index (χ0n) is 18.5. The van der Waals surface area contributed by atoms with E-state index in [-0.39, 0.29) is 5.91 Å². The molecule has 2 aromatic rings. The molecule has 0 atom stereocenters. The van der Waals surface area contributed by atoms with Crippen molar-refractivity contribution in [3.63, 3.8) is 0 Å². The SMILES string of the molecule is CC.CCCc1ccc(NC=O)c(C=O)c1.CCc1ccc(C=O)c(NC(C)=O)c1. The summed E-state index contributed by atoms with van der Waals surface area (Å²) < 4.78 is 0. The fourth-order valence-electron chi connectivity index (χ4n) is 2.57. The predicted octanol–water partition coefficient (Wildman–Crippen LogP) is 5.07. The third-order valence-corrected chi connectivity index (χ3v) is 3.96. The Morgan fingerprint density at radius 1 is 0.867 bits per heavy atom. The van der Waals surface area contributed by atoms with Crippen LogP contribution in [-0.4, -0.2) is 24.9 Å². The Balaban J connectivity index is 0.000000518. The van der Waals surface area contributed by atoms with Crippen molar-refractivity contribution < 1.29 is 19.2 Å². The van der Waals surface area contributed by atoms with Gasteiger partial charge in [0.1, 0.15) is 0 Å². The van der Waals surface area contributed by atoms with E-state index in [0.717, 1.165) is 43.0 Å². The van der Waals surface area contributed by atoms with E-state index in [0.29, 0.717) is 28.9 Å². The van der Waals surface area contributed by atoms with Gasteiger partial charge in [-0.25, -0.2) is 0 Å². The van der Waals surface area contributed by atoms with Crippen molar-refractivity contribution in [2.45, 2.75) is 53.9 Å². The van der Waals surface area contributed by atoms with Crippen LogP contribution in [-0.2, 0) is 22.4 Å². The van der Waals surface area contributed by atoms with E-state index < -0.39 is 0 Å². The Hall–Kier alpha value is -3.28. The molecule has 0 bridgehead atoms. The number of aldehydes is 2. The molecule has 162 valence electrons. The molecule has 0 saturated carbocycles. The first-order chi connectivity index (χ1) is 14.5. The van der Waals surface area contributed by atoms with E-state index in [9.17, 15) is 19.2 Å². The van der Waals surface area contributed by atoms with Gasteiger partial charge in [-0.2, -0.15) is 0 Å². The molecule has 0 aliphatic heterocycles. The van der Waals surface area contributed by atoms with Gasteiger partial charge in [0.05, 0.1) is 11.4 Å². The zero-order valence-corrected chi connectivity index (χ0v) is 18.5. The fraction of sp³-hybridized carbons (Fsp3) is 0.333. The number of hydrogen-bond donors (Lipinski definition) is 2. The van der Waals surface area contributed by atoms with Crippen LogP contribution in [0.1, 0.15) is 72.9 Å². The number of amides is 2. The van der Waals surface area contributed by atoms with Gasteiger partial charge in [0, 0.05) is 18.1 Å². The Labute approximate surface area is 179 Å². The molecule has 0 heterocycles. The molecule has 0 unspecified atom stereocenters. The highest BCUT2D eigenvalue weighted by molar-refractivity contribution is 5.95. The summed E-state index contributed by atoms with van der Waals surface area (Å²) in [6.45, 7) is 9.53. The molecule has 0 fully saturated rings. The molecule has 2 rings (SSSR count). The quantitative estimate of drug-likeness (QED) is 0.592. The molecule has 0 aliphatic carbocycles. The van der Waals surface area contributed by atoms with Crippen LogP contribution in [0.25, 0.3) is 0 Å². The van der Waals surface area contributed by atoms with Crippen LogP contribution in [0, 0.1) is 0 Å². The molecular weight excluding hydrogens is 380 g/mol. The first kappa shape index (κ1) is 26.7. The van der Waals surface area contributed by atoms with E-state index in [2.05, 4.69) is 17.6 Å². The number of benzene rings is 2. The van der Waals surface area contributed by atoms with Crippen molar-refractivity contribution >= 4 is 36.3 Å². The Morgan fingerprint density at radius 3 is 2.00 bits per heavy atom. The summed E-state index contributed by atoms with van der Waals surface area (Å²) in [5.74, 6) is -0.165. The molecule has 0 radical (unpaired) electrons. The molecule has 2 aromatic carbocycles. The van der Waals surface area contributed by atoms with Crippen LogP contribution in [0.15, 0.2) is 36.4 Å². The summed E-state index contributed by atoms with van der Waals surface area (Å²) in [6, 6.07) is 10.9. The van der Waals surface area contributed by atoms with Gasteiger partial charge < -0.3 is 10.6 Å². The van der Waals surface area contributed by atoms with Crippen molar-refractivity contribution in [1.29, 1.82) is 0 Å². The molecule has 6 nitrogen and oxygen atoms in total. The van der Waals surface area contributed by atoms with E-state index in [4.69, 9.17) is 0 Å². The zero-order chi connectivity index (χ0) is 22.9. The topological polar surface area (TPSA) is 92.3 Å². The van der Waals surface area contributed by atoms with Gasteiger partial charge in [-0.15, -0.1) is 0 Å². The minimum atomic E-state index is -0.165. The second kappa shape index (κ2) is 15.6.